The van der Waals surface area contributed by atoms with Crippen molar-refractivity contribution in [3.8, 4) is 11.6 Å². The zero-order valence-electron chi connectivity index (χ0n) is 14.4. The van der Waals surface area contributed by atoms with Crippen molar-refractivity contribution < 1.29 is 30.2 Å². The van der Waals surface area contributed by atoms with Gasteiger partial charge in [-0.15, -0.1) is 0 Å². The monoisotopic (exact) mass is 414 g/mol. The molecule has 0 N–H and O–H groups in total. The van der Waals surface area contributed by atoms with Crippen molar-refractivity contribution in [3.63, 3.8) is 0 Å². The molecule has 1 aromatic heterocycles. The average Bonchev–Trinajstić information content (AvgIpc) is 3.04. The molecule has 0 aliphatic heterocycles. The molecule has 0 saturated carbocycles. The van der Waals surface area contributed by atoms with Crippen LogP contribution in [0, 0.1) is 5.82 Å². The van der Waals surface area contributed by atoms with E-state index in [-0.39, 0.29) is 5.88 Å². The third-order valence-electron chi connectivity index (χ3n) is 3.81. The zero-order chi connectivity index (χ0) is 20.5. The van der Waals surface area contributed by atoms with Gasteiger partial charge in [-0.2, -0.15) is 31.4 Å². The van der Waals surface area contributed by atoms with E-state index in [9.17, 15) is 26.0 Å². The Bertz CT molecular complexity index is 1090. The molecule has 148 valence electrons. The number of benzene rings is 2. The van der Waals surface area contributed by atoms with Gasteiger partial charge < -0.3 is 4.18 Å². The van der Waals surface area contributed by atoms with Crippen molar-refractivity contribution in [3.05, 3.63) is 71.7 Å². The Morgan fingerprint density at radius 3 is 2.36 bits per heavy atom. The lowest BCUT2D eigenvalue weighted by atomic mass is 10.2. The summed E-state index contributed by atoms with van der Waals surface area (Å²) in [5, 5.41) is 4.19. The van der Waals surface area contributed by atoms with Crippen molar-refractivity contribution in [1.29, 1.82) is 0 Å². The molecule has 0 radical (unpaired) electrons. The molecule has 1 heterocycles. The molecule has 0 atom stereocenters. The van der Waals surface area contributed by atoms with Gasteiger partial charge in [0.1, 0.15) is 10.7 Å². The molecule has 10 heteroatoms. The van der Waals surface area contributed by atoms with Crippen LogP contribution in [0.25, 0.3) is 5.69 Å². The predicted octanol–water partition coefficient (Wildman–Crippen LogP) is 4.36. The highest BCUT2D eigenvalue weighted by Crippen LogP contribution is 2.31. The van der Waals surface area contributed by atoms with E-state index in [0.717, 1.165) is 35.0 Å². The van der Waals surface area contributed by atoms with Crippen LogP contribution in [-0.2, 0) is 22.7 Å². The summed E-state index contributed by atoms with van der Waals surface area (Å²) in [5.41, 5.74) is -0.299. The Balaban J connectivity index is 2.01. The van der Waals surface area contributed by atoms with E-state index in [1.165, 1.54) is 18.2 Å². The summed E-state index contributed by atoms with van der Waals surface area (Å²) >= 11 is 0. The number of nitrogens with zero attached hydrogens (tertiary/aromatic N) is 2. The number of aromatic nitrogens is 2. The molecule has 5 nitrogen and oxygen atoms in total. The number of rotatable bonds is 5. The number of aryl methyl sites for hydroxylation is 1. The second-order valence-electron chi connectivity index (χ2n) is 5.78. The Morgan fingerprint density at radius 1 is 1.07 bits per heavy atom. The first-order valence-electron chi connectivity index (χ1n) is 8.07. The molecular weight excluding hydrogens is 400 g/mol. The smallest absolute Gasteiger partial charge is 0.358 e. The van der Waals surface area contributed by atoms with Gasteiger partial charge in [0, 0.05) is 6.07 Å². The van der Waals surface area contributed by atoms with E-state index >= 15 is 0 Å². The van der Waals surface area contributed by atoms with Crippen LogP contribution in [0.3, 0.4) is 0 Å². The van der Waals surface area contributed by atoms with Crippen LogP contribution in [0.2, 0.25) is 0 Å². The average molecular weight is 414 g/mol. The van der Waals surface area contributed by atoms with E-state index in [0.29, 0.717) is 23.9 Å². The summed E-state index contributed by atoms with van der Waals surface area (Å²) in [6, 6.07) is 9.65. The second kappa shape index (κ2) is 7.27. The fourth-order valence-electron chi connectivity index (χ4n) is 2.40. The Morgan fingerprint density at radius 2 is 1.75 bits per heavy atom. The molecule has 0 aliphatic rings. The van der Waals surface area contributed by atoms with Crippen LogP contribution in [0.15, 0.2) is 59.5 Å². The van der Waals surface area contributed by atoms with Gasteiger partial charge in [-0.05, 0) is 48.9 Å². The molecular formula is C18H14F4N2O3S. The maximum atomic E-state index is 13.2. The van der Waals surface area contributed by atoms with Gasteiger partial charge in [-0.3, -0.25) is 0 Å². The minimum absolute atomic E-state index is 0.221. The van der Waals surface area contributed by atoms with Gasteiger partial charge in [0.05, 0.1) is 16.9 Å². The largest absolute Gasteiger partial charge is 0.416 e. The fourth-order valence-corrected chi connectivity index (χ4v) is 3.35. The van der Waals surface area contributed by atoms with Crippen molar-refractivity contribution in [2.75, 3.05) is 0 Å². The third-order valence-corrected chi connectivity index (χ3v) is 5.03. The van der Waals surface area contributed by atoms with Crippen LogP contribution in [-0.4, -0.2) is 18.2 Å². The molecule has 3 rings (SSSR count). The SMILES string of the molecule is CCc1cc(OS(=O)(=O)c2cccc(C(F)(F)F)c2)n(-c2ccc(F)cc2)n1. The van der Waals surface area contributed by atoms with Gasteiger partial charge in [0.2, 0.25) is 5.88 Å². The van der Waals surface area contributed by atoms with E-state index in [4.69, 9.17) is 4.18 Å². The van der Waals surface area contributed by atoms with Gasteiger partial charge in [-0.25, -0.2) is 4.39 Å². The lowest BCUT2D eigenvalue weighted by Gasteiger charge is -2.11. The highest BCUT2D eigenvalue weighted by Gasteiger charge is 2.32. The molecule has 28 heavy (non-hydrogen) atoms. The first-order chi connectivity index (χ1) is 13.1. The second-order valence-corrected chi connectivity index (χ2v) is 7.33. The first kappa shape index (κ1) is 19.9. The molecule has 0 spiro atoms. The Kier molecular flexibility index (Phi) is 5.16. The fraction of sp³-hybridized carbons (Fsp3) is 0.167. The predicted molar refractivity (Wildman–Crippen MR) is 92.2 cm³/mol. The molecule has 0 amide bonds. The van der Waals surface area contributed by atoms with Crippen molar-refractivity contribution in [1.82, 2.24) is 9.78 Å². The number of alkyl halides is 3. The summed E-state index contributed by atoms with van der Waals surface area (Å²) in [6.45, 7) is 1.78. The maximum Gasteiger partial charge on any atom is 0.416 e. The van der Waals surface area contributed by atoms with Crippen molar-refractivity contribution in [2.24, 2.45) is 0 Å². The maximum absolute atomic E-state index is 13.2. The van der Waals surface area contributed by atoms with Crippen LogP contribution >= 0.6 is 0 Å². The lowest BCUT2D eigenvalue weighted by molar-refractivity contribution is -0.137. The Hall–Kier alpha value is -2.88. The van der Waals surface area contributed by atoms with E-state index < -0.39 is 32.6 Å². The van der Waals surface area contributed by atoms with E-state index in [1.807, 2.05) is 0 Å². The highest BCUT2D eigenvalue weighted by molar-refractivity contribution is 7.87. The molecule has 0 saturated heterocycles. The van der Waals surface area contributed by atoms with Gasteiger partial charge in [0.25, 0.3) is 0 Å². The van der Waals surface area contributed by atoms with Gasteiger partial charge >= 0.3 is 16.3 Å². The normalized spacial score (nSPS) is 12.2. The van der Waals surface area contributed by atoms with Crippen LogP contribution in [0.4, 0.5) is 17.6 Å². The molecule has 3 aromatic rings. The quantitative estimate of drug-likeness (QED) is 0.460. The van der Waals surface area contributed by atoms with E-state index in [2.05, 4.69) is 5.10 Å². The van der Waals surface area contributed by atoms with Gasteiger partial charge in [0.15, 0.2) is 0 Å². The Labute approximate surface area is 158 Å². The summed E-state index contributed by atoms with van der Waals surface area (Å²) in [6.07, 6.45) is -4.25. The minimum atomic E-state index is -4.70. The minimum Gasteiger partial charge on any atom is -0.358 e. The standard InChI is InChI=1S/C18H14F4N2O3S/c1-2-14-11-17(24(23-14)15-8-6-13(19)7-9-15)27-28(25,26)16-5-3-4-12(10-16)18(20,21)22/h3-11H,2H2,1H3. The summed E-state index contributed by atoms with van der Waals surface area (Å²) < 4.78 is 83.0. The zero-order valence-corrected chi connectivity index (χ0v) is 15.3. The topological polar surface area (TPSA) is 61.2 Å². The number of halogens is 4. The van der Waals surface area contributed by atoms with Crippen LogP contribution < -0.4 is 4.18 Å². The summed E-state index contributed by atoms with van der Waals surface area (Å²) in [4.78, 5) is -0.646. The highest BCUT2D eigenvalue weighted by atomic mass is 32.2. The van der Waals surface area contributed by atoms with E-state index in [1.54, 1.807) is 6.92 Å². The van der Waals surface area contributed by atoms with Crippen LogP contribution in [0.5, 0.6) is 5.88 Å². The summed E-state index contributed by atoms with van der Waals surface area (Å²) in [7, 11) is -4.56. The summed E-state index contributed by atoms with van der Waals surface area (Å²) in [5.74, 6) is -0.716. The molecule has 0 unspecified atom stereocenters. The lowest BCUT2D eigenvalue weighted by Crippen LogP contribution is -2.14. The number of hydrogen-bond acceptors (Lipinski definition) is 4. The molecule has 0 fully saturated rings. The van der Waals surface area contributed by atoms with Crippen molar-refractivity contribution in [2.45, 2.75) is 24.4 Å². The van der Waals surface area contributed by atoms with Crippen molar-refractivity contribution >= 4 is 10.1 Å². The molecule has 2 aromatic carbocycles. The van der Waals surface area contributed by atoms with Gasteiger partial charge in [-0.1, -0.05) is 13.0 Å². The van der Waals surface area contributed by atoms with Crippen LogP contribution in [0.1, 0.15) is 18.2 Å². The molecule has 0 aliphatic carbocycles. The number of hydrogen-bond donors (Lipinski definition) is 0. The molecule has 0 bridgehead atoms. The third kappa shape index (κ3) is 4.16. The first-order valence-corrected chi connectivity index (χ1v) is 9.47.